The maximum atomic E-state index is 12.6. The third-order valence-corrected chi connectivity index (χ3v) is 5.19. The van der Waals surface area contributed by atoms with Crippen LogP contribution in [0.1, 0.15) is 43.7 Å². The molecule has 0 bridgehead atoms. The van der Waals surface area contributed by atoms with Crippen LogP contribution in [0.15, 0.2) is 24.5 Å². The zero-order valence-corrected chi connectivity index (χ0v) is 13.7. The van der Waals surface area contributed by atoms with E-state index in [1.165, 1.54) is 0 Å². The lowest BCUT2D eigenvalue weighted by Crippen LogP contribution is -2.44. The fourth-order valence-corrected chi connectivity index (χ4v) is 3.86. The Morgan fingerprint density at radius 1 is 1.33 bits per heavy atom. The second-order valence-electron chi connectivity index (χ2n) is 7.00. The molecule has 6 nitrogen and oxygen atoms in total. The fourth-order valence-electron chi connectivity index (χ4n) is 3.86. The van der Waals surface area contributed by atoms with E-state index < -0.39 is 0 Å². The highest BCUT2D eigenvalue weighted by atomic mass is 16.5. The minimum atomic E-state index is -0.184. The van der Waals surface area contributed by atoms with Gasteiger partial charge in [-0.25, -0.2) is 0 Å². The highest BCUT2D eigenvalue weighted by molar-refractivity contribution is 5.84. The van der Waals surface area contributed by atoms with Gasteiger partial charge in [-0.1, -0.05) is 6.07 Å². The smallest absolute Gasteiger partial charge is 0.225 e. The van der Waals surface area contributed by atoms with Gasteiger partial charge >= 0.3 is 0 Å². The Bertz CT molecular complexity index is 611. The molecule has 3 atom stereocenters. The lowest BCUT2D eigenvalue weighted by molar-refractivity contribution is -0.130. The van der Waals surface area contributed by atoms with Gasteiger partial charge in [0.1, 0.15) is 0 Å². The van der Waals surface area contributed by atoms with Crippen molar-refractivity contribution in [3.63, 3.8) is 0 Å². The molecule has 1 N–H and O–H groups in total. The molecule has 3 aliphatic rings. The lowest BCUT2D eigenvalue weighted by Gasteiger charge is -2.30. The first-order valence-corrected chi connectivity index (χ1v) is 8.83. The van der Waals surface area contributed by atoms with Crippen LogP contribution in [0, 0.1) is 5.92 Å². The minimum Gasteiger partial charge on any atom is -0.381 e. The van der Waals surface area contributed by atoms with Crippen LogP contribution < -0.4 is 5.32 Å². The number of pyridine rings is 1. The number of hydrogen-bond donors (Lipinski definition) is 1. The van der Waals surface area contributed by atoms with Crippen LogP contribution in [0.4, 0.5) is 0 Å². The summed E-state index contributed by atoms with van der Waals surface area (Å²) < 4.78 is 5.42. The molecular weight excluding hydrogens is 306 g/mol. The molecule has 24 heavy (non-hydrogen) atoms. The Labute approximate surface area is 141 Å². The van der Waals surface area contributed by atoms with Crippen LogP contribution in [0.2, 0.25) is 0 Å². The van der Waals surface area contributed by atoms with Crippen LogP contribution in [-0.2, 0) is 14.3 Å². The van der Waals surface area contributed by atoms with Gasteiger partial charge in [-0.2, -0.15) is 0 Å². The van der Waals surface area contributed by atoms with Crippen LogP contribution >= 0.6 is 0 Å². The summed E-state index contributed by atoms with van der Waals surface area (Å²) in [6, 6.07) is 3.91. The molecule has 2 saturated heterocycles. The third kappa shape index (κ3) is 3.02. The predicted molar refractivity (Wildman–Crippen MR) is 86.9 cm³/mol. The van der Waals surface area contributed by atoms with E-state index in [4.69, 9.17) is 4.74 Å². The first-order chi connectivity index (χ1) is 11.7. The van der Waals surface area contributed by atoms with Crippen molar-refractivity contribution >= 4 is 11.8 Å². The number of nitrogens with zero attached hydrogens (tertiary/aromatic N) is 2. The Morgan fingerprint density at radius 2 is 2.21 bits per heavy atom. The van der Waals surface area contributed by atoms with E-state index in [1.54, 1.807) is 6.20 Å². The number of hydrogen-bond acceptors (Lipinski definition) is 4. The summed E-state index contributed by atoms with van der Waals surface area (Å²) in [5, 5.41) is 3.13. The molecule has 128 valence electrons. The monoisotopic (exact) mass is 329 g/mol. The number of aromatic nitrogens is 1. The number of nitrogens with one attached hydrogen (secondary N) is 1. The molecule has 1 saturated carbocycles. The highest BCUT2D eigenvalue weighted by Crippen LogP contribution is 2.41. The number of amides is 2. The maximum absolute atomic E-state index is 12.6. The molecule has 4 rings (SSSR count). The van der Waals surface area contributed by atoms with Crippen molar-refractivity contribution in [3.05, 3.63) is 30.1 Å². The van der Waals surface area contributed by atoms with E-state index in [-0.39, 0.29) is 29.8 Å². The lowest BCUT2D eigenvalue weighted by atomic mass is 9.98. The minimum absolute atomic E-state index is 0.0130. The zero-order valence-electron chi connectivity index (χ0n) is 13.7. The Balaban J connectivity index is 1.54. The molecule has 0 spiro atoms. The summed E-state index contributed by atoms with van der Waals surface area (Å²) in [7, 11) is 0. The molecule has 6 heteroatoms. The number of ether oxygens (including phenoxy) is 1. The summed E-state index contributed by atoms with van der Waals surface area (Å²) in [5.41, 5.74) is 1.00. The van der Waals surface area contributed by atoms with Crippen molar-refractivity contribution in [2.75, 3.05) is 13.2 Å². The molecule has 1 aromatic rings. The van der Waals surface area contributed by atoms with E-state index in [0.29, 0.717) is 19.1 Å². The Hall–Kier alpha value is -1.95. The third-order valence-electron chi connectivity index (χ3n) is 5.19. The predicted octanol–water partition coefficient (Wildman–Crippen LogP) is 1.43. The molecule has 2 aliphatic heterocycles. The molecule has 3 heterocycles. The van der Waals surface area contributed by atoms with Gasteiger partial charge in [0, 0.05) is 31.5 Å². The van der Waals surface area contributed by atoms with Gasteiger partial charge in [0.2, 0.25) is 11.8 Å². The molecule has 0 aromatic carbocycles. The fraction of sp³-hybridized carbons (Fsp3) is 0.611. The second kappa shape index (κ2) is 6.51. The summed E-state index contributed by atoms with van der Waals surface area (Å²) in [4.78, 5) is 31.3. The zero-order chi connectivity index (χ0) is 16.5. The summed E-state index contributed by atoms with van der Waals surface area (Å²) in [5.74, 6) is 0.0500. The van der Waals surface area contributed by atoms with Gasteiger partial charge < -0.3 is 15.0 Å². The standard InChI is InChI=1S/C18H23N3O3/c22-16-9-15(20-18(23)13-4-2-8-24-11-13)17(21(16)14-5-6-14)12-3-1-7-19-10-12/h1,3,7,10,13-15,17H,2,4-6,8-9,11H2,(H,20,23)/t13-,15+,17-/m0/s1. The van der Waals surface area contributed by atoms with Gasteiger partial charge in [-0.05, 0) is 37.3 Å². The van der Waals surface area contributed by atoms with Gasteiger partial charge in [0.05, 0.1) is 24.6 Å². The van der Waals surface area contributed by atoms with Crippen LogP contribution in [0.3, 0.4) is 0 Å². The van der Waals surface area contributed by atoms with Gasteiger partial charge in [0.25, 0.3) is 0 Å². The summed E-state index contributed by atoms with van der Waals surface area (Å²) in [6.07, 6.45) is 7.79. The van der Waals surface area contributed by atoms with E-state index in [0.717, 1.165) is 37.9 Å². The molecule has 0 unspecified atom stereocenters. The van der Waals surface area contributed by atoms with Crippen LogP contribution in [0.25, 0.3) is 0 Å². The molecule has 0 radical (unpaired) electrons. The number of carbonyl (C=O) groups excluding carboxylic acids is 2. The van der Waals surface area contributed by atoms with Gasteiger partial charge in [-0.15, -0.1) is 0 Å². The number of carbonyl (C=O) groups is 2. The Morgan fingerprint density at radius 3 is 2.88 bits per heavy atom. The van der Waals surface area contributed by atoms with Crippen molar-refractivity contribution in [2.24, 2.45) is 5.92 Å². The SMILES string of the molecule is O=C(N[C@@H]1CC(=O)N(C2CC2)[C@H]1c1cccnc1)[C@H]1CCCOC1. The topological polar surface area (TPSA) is 71.5 Å². The van der Waals surface area contributed by atoms with E-state index in [9.17, 15) is 9.59 Å². The summed E-state index contributed by atoms with van der Waals surface area (Å²) >= 11 is 0. The average molecular weight is 329 g/mol. The van der Waals surface area contributed by atoms with Gasteiger partial charge in [0.15, 0.2) is 0 Å². The molecule has 1 aromatic heterocycles. The van der Waals surface area contributed by atoms with Gasteiger partial charge in [-0.3, -0.25) is 14.6 Å². The molecule has 3 fully saturated rings. The van der Waals surface area contributed by atoms with Crippen molar-refractivity contribution in [3.8, 4) is 0 Å². The second-order valence-corrected chi connectivity index (χ2v) is 7.00. The van der Waals surface area contributed by atoms with E-state index in [1.807, 2.05) is 23.2 Å². The average Bonchev–Trinajstić information content (AvgIpc) is 3.40. The number of rotatable bonds is 4. The van der Waals surface area contributed by atoms with Crippen molar-refractivity contribution in [1.29, 1.82) is 0 Å². The van der Waals surface area contributed by atoms with Crippen molar-refractivity contribution in [2.45, 2.75) is 50.2 Å². The van der Waals surface area contributed by atoms with Crippen LogP contribution in [-0.4, -0.2) is 47.0 Å². The quantitative estimate of drug-likeness (QED) is 0.907. The summed E-state index contributed by atoms with van der Waals surface area (Å²) in [6.45, 7) is 1.22. The van der Waals surface area contributed by atoms with Crippen molar-refractivity contribution in [1.82, 2.24) is 15.2 Å². The first-order valence-electron chi connectivity index (χ1n) is 8.83. The molecule has 2 amide bonds. The highest BCUT2D eigenvalue weighted by Gasteiger charge is 2.48. The first kappa shape index (κ1) is 15.6. The maximum Gasteiger partial charge on any atom is 0.225 e. The normalized spacial score (nSPS) is 30.4. The Kier molecular flexibility index (Phi) is 4.22. The molecule has 1 aliphatic carbocycles. The van der Waals surface area contributed by atoms with Crippen LogP contribution in [0.5, 0.6) is 0 Å². The van der Waals surface area contributed by atoms with E-state index >= 15 is 0 Å². The number of likely N-dealkylation sites (tertiary alicyclic amines) is 1. The molecular formula is C18H23N3O3. The van der Waals surface area contributed by atoms with Crippen molar-refractivity contribution < 1.29 is 14.3 Å². The van der Waals surface area contributed by atoms with E-state index in [2.05, 4.69) is 10.3 Å². The largest absolute Gasteiger partial charge is 0.381 e.